The van der Waals surface area contributed by atoms with Crippen molar-refractivity contribution in [1.82, 2.24) is 19.7 Å². The van der Waals surface area contributed by atoms with E-state index in [0.29, 0.717) is 17.5 Å². The summed E-state index contributed by atoms with van der Waals surface area (Å²) in [4.78, 5) is 8.92. The van der Waals surface area contributed by atoms with Gasteiger partial charge >= 0.3 is 0 Å². The van der Waals surface area contributed by atoms with Crippen molar-refractivity contribution in [1.29, 1.82) is 0 Å². The van der Waals surface area contributed by atoms with E-state index in [1.165, 1.54) is 5.56 Å². The summed E-state index contributed by atoms with van der Waals surface area (Å²) in [7, 11) is 0. The van der Waals surface area contributed by atoms with Gasteiger partial charge in [-0.1, -0.05) is 64.9 Å². The number of benzene rings is 2. The summed E-state index contributed by atoms with van der Waals surface area (Å²) in [6, 6.07) is 18.7. The number of nitrogens with zero attached hydrogens (tertiary/aromatic N) is 4. The first kappa shape index (κ1) is 16.6. The largest absolute Gasteiger partial charge is 0.338 e. The van der Waals surface area contributed by atoms with Crippen LogP contribution in [0.15, 0.2) is 70.5 Å². The SMILES string of the molecule is Cc1ccc(-n2c(-c3ccccc3)cnc2SCc2nc(C)no2)cc1. The third kappa shape index (κ3) is 3.41. The first-order valence-electron chi connectivity index (χ1n) is 8.33. The molecule has 0 unspecified atom stereocenters. The minimum absolute atomic E-state index is 0.581. The topological polar surface area (TPSA) is 56.7 Å². The Morgan fingerprint density at radius 1 is 1.00 bits per heavy atom. The fourth-order valence-electron chi connectivity index (χ4n) is 2.72. The maximum Gasteiger partial charge on any atom is 0.237 e. The molecule has 2 aromatic heterocycles. The minimum atomic E-state index is 0.581. The van der Waals surface area contributed by atoms with Gasteiger partial charge in [-0.3, -0.25) is 4.57 Å². The van der Waals surface area contributed by atoms with Gasteiger partial charge in [0, 0.05) is 11.3 Å². The molecule has 2 heterocycles. The highest BCUT2D eigenvalue weighted by atomic mass is 32.2. The summed E-state index contributed by atoms with van der Waals surface area (Å²) < 4.78 is 7.39. The molecular weight excluding hydrogens is 344 g/mol. The average Bonchev–Trinajstić information content (AvgIpc) is 3.27. The molecule has 0 aliphatic heterocycles. The summed E-state index contributed by atoms with van der Waals surface area (Å²) in [6.45, 7) is 3.90. The summed E-state index contributed by atoms with van der Waals surface area (Å²) >= 11 is 1.58. The third-order valence-electron chi connectivity index (χ3n) is 3.99. The lowest BCUT2D eigenvalue weighted by Gasteiger charge is -2.12. The van der Waals surface area contributed by atoms with Gasteiger partial charge in [0.2, 0.25) is 5.89 Å². The Balaban J connectivity index is 1.73. The van der Waals surface area contributed by atoms with Crippen LogP contribution < -0.4 is 0 Å². The Morgan fingerprint density at radius 3 is 2.46 bits per heavy atom. The van der Waals surface area contributed by atoms with E-state index in [1.54, 1.807) is 11.8 Å². The summed E-state index contributed by atoms with van der Waals surface area (Å²) in [5, 5.41) is 4.74. The van der Waals surface area contributed by atoms with Crippen molar-refractivity contribution in [2.24, 2.45) is 0 Å². The van der Waals surface area contributed by atoms with Crippen LogP contribution in [0.25, 0.3) is 16.9 Å². The maximum absolute atomic E-state index is 5.22. The van der Waals surface area contributed by atoms with E-state index in [4.69, 9.17) is 4.52 Å². The molecule has 0 amide bonds. The van der Waals surface area contributed by atoms with Crippen molar-refractivity contribution in [2.75, 3.05) is 0 Å². The number of thioether (sulfide) groups is 1. The number of hydrogen-bond donors (Lipinski definition) is 0. The minimum Gasteiger partial charge on any atom is -0.338 e. The highest BCUT2D eigenvalue weighted by Crippen LogP contribution is 2.31. The van der Waals surface area contributed by atoms with Crippen LogP contribution in [0.4, 0.5) is 0 Å². The summed E-state index contributed by atoms with van der Waals surface area (Å²) in [5.41, 5.74) is 4.49. The average molecular weight is 362 g/mol. The molecule has 0 saturated carbocycles. The number of aromatic nitrogens is 4. The van der Waals surface area contributed by atoms with E-state index in [9.17, 15) is 0 Å². The molecule has 0 aliphatic carbocycles. The van der Waals surface area contributed by atoms with Crippen molar-refractivity contribution in [3.63, 3.8) is 0 Å². The van der Waals surface area contributed by atoms with Gasteiger partial charge in [0.15, 0.2) is 11.0 Å². The molecule has 0 radical (unpaired) electrons. The standard InChI is InChI=1S/C20H18N4OS/c1-14-8-10-17(11-9-14)24-18(16-6-4-3-5-7-16)12-21-20(24)26-13-19-22-15(2)23-25-19/h3-12H,13H2,1-2H3. The highest BCUT2D eigenvalue weighted by Gasteiger charge is 2.15. The van der Waals surface area contributed by atoms with Gasteiger partial charge in [0.05, 0.1) is 17.6 Å². The van der Waals surface area contributed by atoms with Gasteiger partial charge in [0.1, 0.15) is 0 Å². The maximum atomic E-state index is 5.22. The molecule has 2 aromatic carbocycles. The molecule has 0 N–H and O–H groups in total. The monoisotopic (exact) mass is 362 g/mol. The fraction of sp³-hybridized carbons (Fsp3) is 0.150. The van der Waals surface area contributed by atoms with E-state index in [1.807, 2.05) is 31.3 Å². The molecule has 5 nitrogen and oxygen atoms in total. The zero-order chi connectivity index (χ0) is 17.9. The predicted molar refractivity (Wildman–Crippen MR) is 102 cm³/mol. The van der Waals surface area contributed by atoms with Crippen molar-refractivity contribution in [3.05, 3.63) is 78.1 Å². The number of hydrogen-bond acceptors (Lipinski definition) is 5. The lowest BCUT2D eigenvalue weighted by molar-refractivity contribution is 0.387. The normalized spacial score (nSPS) is 11.0. The van der Waals surface area contributed by atoms with Gasteiger partial charge in [-0.15, -0.1) is 0 Å². The Morgan fingerprint density at radius 2 is 1.77 bits per heavy atom. The van der Waals surface area contributed by atoms with Gasteiger partial charge in [-0.05, 0) is 26.0 Å². The van der Waals surface area contributed by atoms with Crippen LogP contribution in [0.1, 0.15) is 17.3 Å². The lowest BCUT2D eigenvalue weighted by atomic mass is 10.1. The van der Waals surface area contributed by atoms with Gasteiger partial charge in [-0.25, -0.2) is 4.98 Å². The van der Waals surface area contributed by atoms with Crippen molar-refractivity contribution in [2.45, 2.75) is 24.8 Å². The van der Waals surface area contributed by atoms with Crippen LogP contribution in [-0.4, -0.2) is 19.7 Å². The second kappa shape index (κ2) is 7.17. The number of aryl methyl sites for hydroxylation is 2. The number of rotatable bonds is 5. The first-order valence-corrected chi connectivity index (χ1v) is 9.31. The molecule has 0 spiro atoms. The molecular formula is C20H18N4OS. The molecule has 4 aromatic rings. The smallest absolute Gasteiger partial charge is 0.237 e. The van der Waals surface area contributed by atoms with Crippen LogP contribution >= 0.6 is 11.8 Å². The predicted octanol–water partition coefficient (Wildman–Crippen LogP) is 4.83. The second-order valence-electron chi connectivity index (χ2n) is 5.99. The van der Waals surface area contributed by atoms with Crippen molar-refractivity contribution in [3.8, 4) is 16.9 Å². The summed E-state index contributed by atoms with van der Waals surface area (Å²) in [5.74, 6) is 1.83. The van der Waals surface area contributed by atoms with E-state index >= 15 is 0 Å². The molecule has 130 valence electrons. The molecule has 26 heavy (non-hydrogen) atoms. The van der Waals surface area contributed by atoms with Crippen LogP contribution in [0, 0.1) is 13.8 Å². The van der Waals surface area contributed by atoms with Gasteiger partial charge in [0.25, 0.3) is 0 Å². The molecule has 0 atom stereocenters. The van der Waals surface area contributed by atoms with E-state index in [-0.39, 0.29) is 0 Å². The second-order valence-corrected chi connectivity index (χ2v) is 6.93. The van der Waals surface area contributed by atoms with E-state index in [0.717, 1.165) is 22.1 Å². The molecule has 0 bridgehead atoms. The Labute approximate surface area is 156 Å². The van der Waals surface area contributed by atoms with Crippen LogP contribution in [0.2, 0.25) is 0 Å². The number of imidazole rings is 1. The van der Waals surface area contributed by atoms with Gasteiger partial charge in [-0.2, -0.15) is 4.98 Å². The summed E-state index contributed by atoms with van der Waals surface area (Å²) in [6.07, 6.45) is 1.91. The molecule has 4 rings (SSSR count). The van der Waals surface area contributed by atoms with Gasteiger partial charge < -0.3 is 4.52 Å². The van der Waals surface area contributed by atoms with E-state index in [2.05, 4.69) is 63.0 Å². The molecule has 6 heteroatoms. The molecule has 0 saturated heterocycles. The highest BCUT2D eigenvalue weighted by molar-refractivity contribution is 7.98. The first-order chi connectivity index (χ1) is 12.7. The molecule has 0 aliphatic rings. The zero-order valence-corrected chi connectivity index (χ0v) is 15.4. The van der Waals surface area contributed by atoms with E-state index < -0.39 is 0 Å². The zero-order valence-electron chi connectivity index (χ0n) is 14.6. The van der Waals surface area contributed by atoms with Crippen LogP contribution in [-0.2, 0) is 5.75 Å². The Kier molecular flexibility index (Phi) is 4.58. The van der Waals surface area contributed by atoms with Crippen LogP contribution in [0.5, 0.6) is 0 Å². The van der Waals surface area contributed by atoms with Crippen molar-refractivity contribution >= 4 is 11.8 Å². The van der Waals surface area contributed by atoms with Crippen molar-refractivity contribution < 1.29 is 4.52 Å². The Hall–Kier alpha value is -2.86. The fourth-order valence-corrected chi connectivity index (χ4v) is 3.55. The third-order valence-corrected chi connectivity index (χ3v) is 4.92. The lowest BCUT2D eigenvalue weighted by Crippen LogP contribution is -1.99. The Bertz CT molecular complexity index is 1010. The molecule has 0 fully saturated rings. The van der Waals surface area contributed by atoms with Crippen LogP contribution in [0.3, 0.4) is 0 Å². The quantitative estimate of drug-likeness (QED) is 0.476.